The van der Waals surface area contributed by atoms with E-state index in [1.165, 1.54) is 11.8 Å². The molecule has 1 aromatic heterocycles. The molecule has 0 aliphatic rings. The van der Waals surface area contributed by atoms with E-state index in [9.17, 15) is 4.79 Å². The number of hydrogen-bond acceptors (Lipinski definition) is 5. The van der Waals surface area contributed by atoms with Crippen molar-refractivity contribution in [1.29, 1.82) is 0 Å². The van der Waals surface area contributed by atoms with Crippen molar-refractivity contribution in [3.8, 4) is 5.75 Å². The number of carboxylic acid groups (broad SMARTS) is 1. The minimum Gasteiger partial charge on any atom is -0.491 e. The molecule has 4 nitrogen and oxygen atoms in total. The minimum absolute atomic E-state index is 0.148. The largest absolute Gasteiger partial charge is 0.491 e. The Morgan fingerprint density at radius 2 is 2.32 bits per heavy atom. The van der Waals surface area contributed by atoms with E-state index in [2.05, 4.69) is 4.98 Å². The van der Waals surface area contributed by atoms with Crippen LogP contribution in [0.2, 0.25) is 0 Å². The molecule has 0 saturated heterocycles. The second-order valence-electron chi connectivity index (χ2n) is 4.27. The van der Waals surface area contributed by atoms with Gasteiger partial charge in [-0.15, -0.1) is 11.3 Å². The Hall–Kier alpha value is -1.27. The highest BCUT2D eigenvalue weighted by atomic mass is 32.2. The zero-order valence-electron chi connectivity index (χ0n) is 10.8. The average Bonchev–Trinajstić information content (AvgIpc) is 2.69. The van der Waals surface area contributed by atoms with Crippen LogP contribution in [0.5, 0.6) is 5.75 Å². The molecule has 0 radical (unpaired) electrons. The van der Waals surface area contributed by atoms with Crippen molar-refractivity contribution >= 4 is 39.3 Å². The van der Waals surface area contributed by atoms with E-state index in [1.54, 1.807) is 11.3 Å². The Bertz CT molecular complexity index is 580. The zero-order valence-corrected chi connectivity index (χ0v) is 12.4. The number of carbonyl (C=O) groups is 1. The molecule has 1 aromatic carbocycles. The van der Waals surface area contributed by atoms with Gasteiger partial charge in [-0.2, -0.15) is 0 Å². The third kappa shape index (κ3) is 4.11. The summed E-state index contributed by atoms with van der Waals surface area (Å²) in [4.78, 5) is 14.9. The summed E-state index contributed by atoms with van der Waals surface area (Å²) in [6.07, 6.45) is 0.303. The van der Waals surface area contributed by atoms with Gasteiger partial charge in [-0.1, -0.05) is 11.8 Å². The van der Waals surface area contributed by atoms with Crippen LogP contribution in [0.4, 0.5) is 0 Å². The van der Waals surface area contributed by atoms with Crippen LogP contribution in [-0.2, 0) is 4.79 Å². The highest BCUT2D eigenvalue weighted by Gasteiger charge is 2.07. The first kappa shape index (κ1) is 14.1. The molecule has 102 valence electrons. The molecule has 1 heterocycles. The lowest BCUT2D eigenvalue weighted by molar-refractivity contribution is -0.136. The lowest BCUT2D eigenvalue weighted by Crippen LogP contribution is -2.04. The van der Waals surface area contributed by atoms with Crippen molar-refractivity contribution in [2.75, 3.05) is 5.75 Å². The molecule has 0 bridgehead atoms. The molecule has 0 unspecified atom stereocenters. The van der Waals surface area contributed by atoms with Crippen LogP contribution in [-0.4, -0.2) is 27.9 Å². The maximum atomic E-state index is 10.5. The van der Waals surface area contributed by atoms with Crippen LogP contribution >= 0.6 is 23.1 Å². The van der Waals surface area contributed by atoms with Crippen LogP contribution in [0.15, 0.2) is 22.5 Å². The average molecular weight is 297 g/mol. The van der Waals surface area contributed by atoms with Crippen LogP contribution in [0.25, 0.3) is 10.2 Å². The van der Waals surface area contributed by atoms with Gasteiger partial charge in [-0.3, -0.25) is 4.79 Å². The molecule has 0 amide bonds. The number of fused-ring (bicyclic) bond motifs is 1. The third-order valence-corrected chi connectivity index (χ3v) is 4.42. The topological polar surface area (TPSA) is 59.4 Å². The molecule has 0 spiro atoms. The predicted molar refractivity (Wildman–Crippen MR) is 78.4 cm³/mol. The third-order valence-electron chi connectivity index (χ3n) is 2.25. The second kappa shape index (κ2) is 6.25. The van der Waals surface area contributed by atoms with Crippen LogP contribution in [0, 0.1) is 0 Å². The molecule has 0 aliphatic carbocycles. The predicted octanol–water partition coefficient (Wildman–Crippen LogP) is 3.65. The fourth-order valence-electron chi connectivity index (χ4n) is 1.52. The Labute approximate surface area is 119 Å². The molecular formula is C13H15NO3S2. The normalized spacial score (nSPS) is 11.1. The maximum Gasteiger partial charge on any atom is 0.304 e. The molecule has 1 N–H and O–H groups in total. The number of benzene rings is 1. The van der Waals surface area contributed by atoms with Gasteiger partial charge in [0, 0.05) is 5.75 Å². The minimum atomic E-state index is -0.777. The summed E-state index contributed by atoms with van der Waals surface area (Å²) in [5.74, 6) is 0.610. The summed E-state index contributed by atoms with van der Waals surface area (Å²) < 4.78 is 7.61. The number of carboxylic acids is 1. The number of thiazole rings is 1. The van der Waals surface area contributed by atoms with Crippen molar-refractivity contribution in [2.45, 2.75) is 30.7 Å². The molecule has 6 heteroatoms. The molecule has 0 saturated carbocycles. The molecule has 2 rings (SSSR count). The van der Waals surface area contributed by atoms with Gasteiger partial charge in [0.15, 0.2) is 4.34 Å². The van der Waals surface area contributed by atoms with Gasteiger partial charge in [-0.05, 0) is 32.0 Å². The first-order valence-electron chi connectivity index (χ1n) is 5.96. The summed E-state index contributed by atoms with van der Waals surface area (Å²) in [7, 11) is 0. The maximum absolute atomic E-state index is 10.5. The van der Waals surface area contributed by atoms with E-state index in [-0.39, 0.29) is 12.5 Å². The van der Waals surface area contributed by atoms with Gasteiger partial charge in [0.2, 0.25) is 0 Å². The fourth-order valence-corrected chi connectivity index (χ4v) is 3.61. The first-order chi connectivity index (χ1) is 9.04. The Morgan fingerprint density at radius 3 is 3.00 bits per heavy atom. The van der Waals surface area contributed by atoms with Gasteiger partial charge < -0.3 is 9.84 Å². The smallest absolute Gasteiger partial charge is 0.304 e. The fraction of sp³-hybridized carbons (Fsp3) is 0.385. The van der Waals surface area contributed by atoms with E-state index in [1.807, 2.05) is 32.0 Å². The molecular weight excluding hydrogens is 282 g/mol. The molecule has 2 aromatic rings. The monoisotopic (exact) mass is 297 g/mol. The number of aromatic nitrogens is 1. The van der Waals surface area contributed by atoms with Crippen molar-refractivity contribution < 1.29 is 14.6 Å². The van der Waals surface area contributed by atoms with Gasteiger partial charge >= 0.3 is 5.97 Å². The summed E-state index contributed by atoms with van der Waals surface area (Å²) in [6, 6.07) is 5.83. The van der Waals surface area contributed by atoms with E-state index >= 15 is 0 Å². The van der Waals surface area contributed by atoms with Crippen molar-refractivity contribution in [3.63, 3.8) is 0 Å². The van der Waals surface area contributed by atoms with Crippen LogP contribution < -0.4 is 4.74 Å². The van der Waals surface area contributed by atoms with E-state index in [0.717, 1.165) is 20.3 Å². The number of aliphatic carboxylic acids is 1. The molecule has 19 heavy (non-hydrogen) atoms. The van der Waals surface area contributed by atoms with E-state index in [4.69, 9.17) is 9.84 Å². The lowest BCUT2D eigenvalue weighted by Gasteiger charge is -2.08. The quantitative estimate of drug-likeness (QED) is 0.825. The molecule has 0 fully saturated rings. The first-order valence-corrected chi connectivity index (χ1v) is 7.76. The Kier molecular flexibility index (Phi) is 4.66. The zero-order chi connectivity index (χ0) is 13.8. The van der Waals surface area contributed by atoms with Crippen molar-refractivity contribution in [1.82, 2.24) is 4.98 Å². The lowest BCUT2D eigenvalue weighted by atomic mass is 10.3. The Balaban J connectivity index is 2.09. The van der Waals surface area contributed by atoms with Gasteiger partial charge in [0.05, 0.1) is 22.7 Å². The number of thioether (sulfide) groups is 1. The Morgan fingerprint density at radius 1 is 1.53 bits per heavy atom. The highest BCUT2D eigenvalue weighted by molar-refractivity contribution is 8.01. The van der Waals surface area contributed by atoms with E-state index < -0.39 is 5.97 Å². The van der Waals surface area contributed by atoms with Gasteiger partial charge in [0.1, 0.15) is 5.75 Å². The number of ether oxygens (including phenoxy) is 1. The summed E-state index contributed by atoms with van der Waals surface area (Å²) in [5.41, 5.74) is 0.930. The number of nitrogens with zero attached hydrogens (tertiary/aromatic N) is 1. The van der Waals surface area contributed by atoms with Crippen LogP contribution in [0.1, 0.15) is 20.3 Å². The van der Waals surface area contributed by atoms with Gasteiger partial charge in [-0.25, -0.2) is 4.98 Å². The SMILES string of the molecule is CC(C)Oc1ccc2nc(SCCC(=O)O)sc2c1. The number of hydrogen-bond donors (Lipinski definition) is 1. The van der Waals surface area contributed by atoms with Crippen LogP contribution in [0.3, 0.4) is 0 Å². The van der Waals surface area contributed by atoms with Crippen molar-refractivity contribution in [2.24, 2.45) is 0 Å². The highest BCUT2D eigenvalue weighted by Crippen LogP contribution is 2.32. The number of rotatable bonds is 6. The summed E-state index contributed by atoms with van der Waals surface area (Å²) in [5, 5.41) is 8.60. The standard InChI is InChI=1S/C13H15NO3S2/c1-8(2)17-9-3-4-10-11(7-9)19-13(14-10)18-6-5-12(15)16/h3-4,7-8H,5-6H2,1-2H3,(H,15,16). The molecule has 0 atom stereocenters. The second-order valence-corrected chi connectivity index (χ2v) is 6.64. The van der Waals surface area contributed by atoms with Gasteiger partial charge in [0.25, 0.3) is 0 Å². The van der Waals surface area contributed by atoms with Crippen molar-refractivity contribution in [3.05, 3.63) is 18.2 Å². The van der Waals surface area contributed by atoms with E-state index in [0.29, 0.717) is 5.75 Å². The summed E-state index contributed by atoms with van der Waals surface area (Å²) >= 11 is 3.05. The summed E-state index contributed by atoms with van der Waals surface area (Å²) in [6.45, 7) is 3.98. The molecule has 0 aliphatic heterocycles.